The fourth-order valence-electron chi connectivity index (χ4n) is 2.19. The summed E-state index contributed by atoms with van der Waals surface area (Å²) in [4.78, 5) is 18.6. The van der Waals surface area contributed by atoms with E-state index in [2.05, 4.69) is 86.4 Å². The van der Waals surface area contributed by atoms with Crippen molar-refractivity contribution in [3.8, 4) is 0 Å². The Labute approximate surface area is 253 Å². The van der Waals surface area contributed by atoms with Crippen LogP contribution in [0.15, 0.2) is 0 Å². The Morgan fingerprint density at radius 1 is 0.594 bits per heavy atom. The molecule has 2 nitrogen and oxygen atoms in total. The van der Waals surface area contributed by atoms with Gasteiger partial charge in [0.05, 0.1) is 0 Å². The summed E-state index contributed by atoms with van der Waals surface area (Å²) in [6.45, 7) is 24.9. The van der Waals surface area contributed by atoms with Gasteiger partial charge in [-0.05, 0) is 17.8 Å². The Morgan fingerprint density at radius 2 is 0.750 bits per heavy atom. The second-order valence-corrected chi connectivity index (χ2v) is 13.1. The van der Waals surface area contributed by atoms with Gasteiger partial charge in [-0.15, -0.1) is 0 Å². The molecule has 0 saturated heterocycles. The summed E-state index contributed by atoms with van der Waals surface area (Å²) in [7, 11) is 0. The standard InChI is InChI=1S/3C8H17.H3O2PS2.3Zn/c3*1-4-5-6-7-8(2)3;1-3(2,4)5;;;/h3*8H,1,4-7H2,2-3H3;(H3,1,2,4,5);;;/q3*-1;;3*+2/p-3. The molecule has 0 atom stereocenters. The number of hydrogen-bond acceptors (Lipinski definition) is 4. The molecule has 0 N–H and O–H groups in total. The van der Waals surface area contributed by atoms with Crippen LogP contribution >= 0.6 is 5.69 Å². The van der Waals surface area contributed by atoms with Crippen LogP contribution in [0, 0.1) is 38.5 Å². The number of unbranched alkanes of at least 4 members (excludes halogenated alkanes) is 6. The molecule has 182 valence electrons. The van der Waals surface area contributed by atoms with E-state index in [9.17, 15) is 9.79 Å². The average Bonchev–Trinajstić information content (AvgIpc) is 2.54. The van der Waals surface area contributed by atoms with Gasteiger partial charge in [-0.3, -0.25) is 0 Å². The van der Waals surface area contributed by atoms with E-state index < -0.39 is 5.69 Å². The Balaban J connectivity index is -0.0000000512. The Bertz CT molecular complexity index is 289. The molecule has 0 saturated carbocycles. The van der Waals surface area contributed by atoms with Crippen molar-refractivity contribution >= 4 is 29.7 Å². The van der Waals surface area contributed by atoms with Gasteiger partial charge in [0, 0.05) is 0 Å². The molecule has 8 heteroatoms. The molecular formula is C24H51O2PS2Zn3. The molecule has 0 rings (SSSR count). The van der Waals surface area contributed by atoms with Gasteiger partial charge in [0.25, 0.3) is 0 Å². The van der Waals surface area contributed by atoms with Crippen molar-refractivity contribution in [3.63, 3.8) is 0 Å². The van der Waals surface area contributed by atoms with Crippen LogP contribution in [0.25, 0.3) is 0 Å². The third-order valence-electron chi connectivity index (χ3n) is 3.84. The molecule has 0 unspecified atom stereocenters. The maximum Gasteiger partial charge on any atom is 2.00 e. The first kappa shape index (κ1) is 51.4. The topological polar surface area (TPSA) is 46.1 Å². The quantitative estimate of drug-likeness (QED) is 0.0711. The zero-order valence-corrected chi connectivity index (χ0v) is 34.0. The Hall–Kier alpha value is 2.79. The van der Waals surface area contributed by atoms with Crippen molar-refractivity contribution in [2.45, 2.75) is 119 Å². The molecule has 0 fully saturated rings. The van der Waals surface area contributed by atoms with Crippen molar-refractivity contribution in [2.24, 2.45) is 17.8 Å². The van der Waals surface area contributed by atoms with Crippen LogP contribution in [0.1, 0.15) is 119 Å². The summed E-state index contributed by atoms with van der Waals surface area (Å²) in [5.74, 6) is 2.63. The van der Waals surface area contributed by atoms with Gasteiger partial charge in [0.2, 0.25) is 0 Å². The average molecular weight is 663 g/mol. The predicted octanol–water partition coefficient (Wildman–Crippen LogP) is 7.58. The van der Waals surface area contributed by atoms with Crippen LogP contribution in [0.2, 0.25) is 0 Å². The predicted molar refractivity (Wildman–Crippen MR) is 138 cm³/mol. The number of hydrogen-bond donors (Lipinski definition) is 0. The van der Waals surface area contributed by atoms with E-state index in [1.807, 2.05) is 0 Å². The van der Waals surface area contributed by atoms with Crippen LogP contribution in [-0.4, -0.2) is 0 Å². The van der Waals surface area contributed by atoms with Gasteiger partial charge in [0.1, 0.15) is 0 Å². The summed E-state index contributed by atoms with van der Waals surface area (Å²) in [5, 5.41) is 0. The van der Waals surface area contributed by atoms with E-state index in [0.29, 0.717) is 0 Å². The molecule has 0 aliphatic heterocycles. The molecule has 0 radical (unpaired) electrons. The minimum Gasteiger partial charge on any atom is -0.850 e. The van der Waals surface area contributed by atoms with Crippen molar-refractivity contribution in [2.75, 3.05) is 0 Å². The van der Waals surface area contributed by atoms with Gasteiger partial charge in [-0.2, -0.15) is 31.1 Å². The molecule has 0 aliphatic carbocycles. The first-order valence-electron chi connectivity index (χ1n) is 11.4. The molecule has 32 heavy (non-hydrogen) atoms. The summed E-state index contributed by atoms with van der Waals surface area (Å²) in [5.41, 5.74) is -3.72. The second kappa shape index (κ2) is 40.9. The molecule has 0 aliphatic rings. The van der Waals surface area contributed by atoms with Crippen molar-refractivity contribution in [1.82, 2.24) is 0 Å². The van der Waals surface area contributed by atoms with E-state index in [4.69, 9.17) is 0 Å². The van der Waals surface area contributed by atoms with Gasteiger partial charge in [-0.1, -0.05) is 99.3 Å². The van der Waals surface area contributed by atoms with Crippen molar-refractivity contribution in [3.05, 3.63) is 20.8 Å². The van der Waals surface area contributed by atoms with Gasteiger partial charge < -0.3 is 48.5 Å². The van der Waals surface area contributed by atoms with Gasteiger partial charge in [-0.25, -0.2) is 0 Å². The third-order valence-corrected chi connectivity index (χ3v) is 3.84. The molecule has 0 heterocycles. The van der Waals surface area contributed by atoms with Gasteiger partial charge in [0.15, 0.2) is 0 Å². The summed E-state index contributed by atoms with van der Waals surface area (Å²) in [6, 6.07) is 0. The molecule has 0 spiro atoms. The van der Waals surface area contributed by atoms with Crippen molar-refractivity contribution in [1.29, 1.82) is 0 Å². The third kappa shape index (κ3) is 105. The van der Waals surface area contributed by atoms with Crippen LogP contribution in [0.3, 0.4) is 0 Å². The molecule has 0 amide bonds. The maximum absolute atomic E-state index is 9.29. The zero-order valence-electron chi connectivity index (χ0n) is 22.5. The molecule has 0 aromatic rings. The molecular weight excluding hydrogens is 612 g/mol. The smallest absolute Gasteiger partial charge is 0.850 e. The summed E-state index contributed by atoms with van der Waals surface area (Å²) < 4.78 is 0. The van der Waals surface area contributed by atoms with Crippen LogP contribution < -0.4 is 9.79 Å². The largest absolute Gasteiger partial charge is 2.00 e. The summed E-state index contributed by atoms with van der Waals surface area (Å²) >= 11 is 7.28. The Kier molecular flexibility index (Phi) is 65.8. The first-order chi connectivity index (χ1) is 13.3. The van der Waals surface area contributed by atoms with E-state index in [1.54, 1.807) is 0 Å². The van der Waals surface area contributed by atoms with E-state index in [-0.39, 0.29) is 58.4 Å². The van der Waals surface area contributed by atoms with E-state index in [1.165, 1.54) is 57.8 Å². The number of rotatable bonds is 12. The van der Waals surface area contributed by atoms with Crippen LogP contribution in [0.5, 0.6) is 0 Å². The second-order valence-electron chi connectivity index (χ2n) is 8.68. The fourth-order valence-corrected chi connectivity index (χ4v) is 2.19. The normalized spacial score (nSPS) is 9.72. The maximum atomic E-state index is 9.29. The van der Waals surface area contributed by atoms with E-state index >= 15 is 0 Å². The molecule has 0 aromatic carbocycles. The van der Waals surface area contributed by atoms with Gasteiger partial charge >= 0.3 is 58.4 Å². The van der Waals surface area contributed by atoms with Crippen LogP contribution in [-0.2, 0) is 82.5 Å². The van der Waals surface area contributed by atoms with Crippen LogP contribution in [0.4, 0.5) is 0 Å². The van der Waals surface area contributed by atoms with Crippen molar-refractivity contribution < 1.29 is 68.2 Å². The van der Waals surface area contributed by atoms with E-state index in [0.717, 1.165) is 37.0 Å². The molecule has 0 bridgehead atoms. The summed E-state index contributed by atoms with van der Waals surface area (Å²) in [6.07, 6.45) is 15.4. The fraction of sp³-hybridized carbons (Fsp3) is 0.875. The monoisotopic (exact) mass is 658 g/mol. The molecule has 0 aromatic heterocycles. The minimum absolute atomic E-state index is 0. The first-order valence-corrected chi connectivity index (χ1v) is 15.1. The Morgan fingerprint density at radius 3 is 0.844 bits per heavy atom. The SMILES string of the molecule is [CH2-]CCCCC(C)C.[CH2-]CCCCC(C)C.[CH2-]CCCCC(C)C.[O-]P([O-])(=S)[S-].[Zn+2].[Zn+2].[Zn+2]. The zero-order chi connectivity index (χ0) is 23.7. The minimum atomic E-state index is -3.72.